The summed E-state index contributed by atoms with van der Waals surface area (Å²) in [5.74, 6) is -2.87. The number of alkyl halides is 3. The Kier molecular flexibility index (Phi) is 8.48. The lowest BCUT2D eigenvalue weighted by Gasteiger charge is -2.28. The lowest BCUT2D eigenvalue weighted by molar-refractivity contribution is -0.144. The van der Waals surface area contributed by atoms with Gasteiger partial charge in [0.2, 0.25) is 5.91 Å². The van der Waals surface area contributed by atoms with Crippen molar-refractivity contribution in [3.8, 4) is 23.3 Å². The second-order valence-electron chi connectivity index (χ2n) is 7.50. The molecule has 0 aromatic heterocycles. The summed E-state index contributed by atoms with van der Waals surface area (Å²) in [6.45, 7) is 2.55. The van der Waals surface area contributed by atoms with Gasteiger partial charge in [0.05, 0.1) is 34.9 Å². The summed E-state index contributed by atoms with van der Waals surface area (Å²) >= 11 is 12.1. The Morgan fingerprint density at radius 1 is 1.09 bits per heavy atom. The lowest BCUT2D eigenvalue weighted by Crippen LogP contribution is -2.47. The van der Waals surface area contributed by atoms with Crippen molar-refractivity contribution in [2.24, 2.45) is 5.92 Å². The molecule has 1 heterocycles. The van der Waals surface area contributed by atoms with Crippen molar-refractivity contribution < 1.29 is 37.0 Å². The Bertz CT molecular complexity index is 1150. The van der Waals surface area contributed by atoms with Crippen LogP contribution in [-0.4, -0.2) is 49.0 Å². The summed E-state index contributed by atoms with van der Waals surface area (Å²) in [4.78, 5) is 26.8. The van der Waals surface area contributed by atoms with E-state index in [4.69, 9.17) is 37.4 Å². The molecule has 1 amide bonds. The highest BCUT2D eigenvalue weighted by molar-refractivity contribution is 6.32. The van der Waals surface area contributed by atoms with E-state index in [-0.39, 0.29) is 40.4 Å². The van der Waals surface area contributed by atoms with Gasteiger partial charge >= 0.3 is 6.18 Å². The maximum absolute atomic E-state index is 12.8. The van der Waals surface area contributed by atoms with Crippen LogP contribution >= 0.6 is 23.2 Å². The molecule has 2 aromatic rings. The first-order chi connectivity index (χ1) is 16.5. The molecule has 2 aromatic carbocycles. The fourth-order valence-electron chi connectivity index (χ4n) is 3.21. The molecular weight excluding hydrogens is 512 g/mol. The number of carbonyl (C=O) groups excluding carboxylic acids is 2. The highest BCUT2D eigenvalue weighted by Crippen LogP contribution is 2.38. The molecule has 1 saturated heterocycles. The van der Waals surface area contributed by atoms with E-state index in [0.717, 1.165) is 18.2 Å². The molecule has 186 valence electrons. The minimum atomic E-state index is -4.56. The van der Waals surface area contributed by atoms with Crippen molar-refractivity contribution >= 4 is 34.9 Å². The molecular formula is C23H19Cl2F3N2O5. The zero-order valence-electron chi connectivity index (χ0n) is 18.3. The van der Waals surface area contributed by atoms with Crippen LogP contribution in [0, 0.1) is 17.2 Å². The van der Waals surface area contributed by atoms with Crippen molar-refractivity contribution in [3.05, 3.63) is 52.0 Å². The van der Waals surface area contributed by atoms with Gasteiger partial charge in [-0.25, -0.2) is 0 Å². The van der Waals surface area contributed by atoms with Crippen molar-refractivity contribution in [1.82, 2.24) is 4.90 Å². The van der Waals surface area contributed by atoms with Gasteiger partial charge in [0.1, 0.15) is 17.2 Å². The van der Waals surface area contributed by atoms with Gasteiger partial charge in [0.25, 0.3) is 0 Å². The van der Waals surface area contributed by atoms with E-state index in [1.165, 1.54) is 30.0 Å². The first-order valence-electron chi connectivity index (χ1n) is 10.3. The molecule has 1 fully saturated rings. The SMILES string of the molecule is CC(Oc1cc(Oc2ccc(C(F)(F)F)cc2Cl)ccc1Cl)C(=O)C(C#N)C(=O)N1CCOCC1. The van der Waals surface area contributed by atoms with Gasteiger partial charge < -0.3 is 19.1 Å². The maximum atomic E-state index is 12.8. The zero-order valence-corrected chi connectivity index (χ0v) is 19.8. The van der Waals surface area contributed by atoms with Crippen molar-refractivity contribution in [1.29, 1.82) is 5.26 Å². The maximum Gasteiger partial charge on any atom is 0.416 e. The molecule has 12 heteroatoms. The average molecular weight is 531 g/mol. The van der Waals surface area contributed by atoms with E-state index in [9.17, 15) is 28.0 Å². The van der Waals surface area contributed by atoms with Crippen LogP contribution in [0.5, 0.6) is 17.2 Å². The topological polar surface area (TPSA) is 88.9 Å². The minimum Gasteiger partial charge on any atom is -0.481 e. The van der Waals surface area contributed by atoms with Crippen LogP contribution < -0.4 is 9.47 Å². The number of benzene rings is 2. The van der Waals surface area contributed by atoms with Crippen LogP contribution in [0.15, 0.2) is 36.4 Å². The average Bonchev–Trinajstić information content (AvgIpc) is 2.82. The Balaban J connectivity index is 1.73. The monoisotopic (exact) mass is 530 g/mol. The number of hydrogen-bond donors (Lipinski definition) is 0. The van der Waals surface area contributed by atoms with Crippen molar-refractivity contribution in [3.63, 3.8) is 0 Å². The summed E-state index contributed by atoms with van der Waals surface area (Å²) in [6.07, 6.45) is -5.77. The van der Waals surface area contributed by atoms with Crippen LogP contribution in [0.25, 0.3) is 0 Å². The van der Waals surface area contributed by atoms with Gasteiger partial charge in [0.15, 0.2) is 17.8 Å². The van der Waals surface area contributed by atoms with Gasteiger partial charge in [-0.2, -0.15) is 18.4 Å². The number of hydrogen-bond acceptors (Lipinski definition) is 6. The third-order valence-electron chi connectivity index (χ3n) is 5.08. The smallest absolute Gasteiger partial charge is 0.416 e. The molecule has 2 unspecified atom stereocenters. The molecule has 3 rings (SSSR count). The summed E-state index contributed by atoms with van der Waals surface area (Å²) in [5, 5.41) is 9.27. The van der Waals surface area contributed by atoms with Crippen molar-refractivity contribution in [2.45, 2.75) is 19.2 Å². The zero-order chi connectivity index (χ0) is 25.8. The highest BCUT2D eigenvalue weighted by Gasteiger charge is 2.35. The minimum absolute atomic E-state index is 0.00330. The number of carbonyl (C=O) groups is 2. The van der Waals surface area contributed by atoms with E-state index >= 15 is 0 Å². The number of nitrogens with zero attached hydrogens (tertiary/aromatic N) is 2. The van der Waals surface area contributed by atoms with Crippen molar-refractivity contribution in [2.75, 3.05) is 26.3 Å². The Hall–Kier alpha value is -3.00. The van der Waals surface area contributed by atoms with Gasteiger partial charge in [0, 0.05) is 19.2 Å². The first-order valence-corrected chi connectivity index (χ1v) is 11.1. The Morgan fingerprint density at radius 2 is 1.77 bits per heavy atom. The van der Waals surface area contributed by atoms with Crippen LogP contribution in [-0.2, 0) is 20.5 Å². The fourth-order valence-corrected chi connectivity index (χ4v) is 3.60. The van der Waals surface area contributed by atoms with Gasteiger partial charge in [-0.05, 0) is 37.3 Å². The molecule has 35 heavy (non-hydrogen) atoms. The quantitative estimate of drug-likeness (QED) is 0.460. The number of amides is 1. The standard InChI is InChI=1S/C23H19Cl2F3N2O5/c1-13(21(31)16(12-29)22(32)30-6-8-33-9-7-30)34-20-11-15(3-4-17(20)24)35-19-5-2-14(10-18(19)25)23(26,27)28/h2-5,10-11,13,16H,6-9H2,1H3. The number of ketones is 1. The predicted octanol–water partition coefficient (Wildman–Crippen LogP) is 5.14. The van der Waals surface area contributed by atoms with E-state index in [1.54, 1.807) is 6.07 Å². The van der Waals surface area contributed by atoms with Crippen LogP contribution in [0.2, 0.25) is 10.0 Å². The summed E-state index contributed by atoms with van der Waals surface area (Å²) in [7, 11) is 0. The van der Waals surface area contributed by atoms with Crippen LogP contribution in [0.3, 0.4) is 0 Å². The van der Waals surface area contributed by atoms with Gasteiger partial charge in [-0.3, -0.25) is 9.59 Å². The second kappa shape index (κ2) is 11.2. The predicted molar refractivity (Wildman–Crippen MR) is 120 cm³/mol. The molecule has 7 nitrogen and oxygen atoms in total. The summed E-state index contributed by atoms with van der Waals surface area (Å²) in [6, 6.07) is 8.49. The fraction of sp³-hybridized carbons (Fsp3) is 0.348. The molecule has 0 saturated carbocycles. The second-order valence-corrected chi connectivity index (χ2v) is 8.31. The number of rotatable bonds is 7. The summed E-state index contributed by atoms with van der Waals surface area (Å²) < 4.78 is 54.9. The van der Waals surface area contributed by atoms with Gasteiger partial charge in [-0.1, -0.05) is 23.2 Å². The van der Waals surface area contributed by atoms with Crippen LogP contribution in [0.4, 0.5) is 13.2 Å². The van der Waals surface area contributed by atoms with E-state index in [1.807, 2.05) is 0 Å². The van der Waals surface area contributed by atoms with Gasteiger partial charge in [-0.15, -0.1) is 0 Å². The van der Waals surface area contributed by atoms with E-state index < -0.39 is 35.5 Å². The number of ether oxygens (including phenoxy) is 3. The Labute approximate surface area is 208 Å². The molecule has 0 N–H and O–H groups in total. The molecule has 0 aliphatic carbocycles. The number of halogens is 5. The number of Topliss-reactive ketones (excluding diaryl/α,β-unsaturated/α-hetero) is 1. The molecule has 2 atom stereocenters. The molecule has 1 aliphatic heterocycles. The molecule has 1 aliphatic rings. The number of morpholine rings is 1. The third kappa shape index (κ3) is 6.57. The third-order valence-corrected chi connectivity index (χ3v) is 5.69. The van der Waals surface area contributed by atoms with E-state index in [0.29, 0.717) is 13.2 Å². The summed E-state index contributed by atoms with van der Waals surface area (Å²) in [5.41, 5.74) is -0.930. The normalized spacial score (nSPS) is 15.6. The Morgan fingerprint density at radius 3 is 2.37 bits per heavy atom. The van der Waals surface area contributed by atoms with Crippen LogP contribution in [0.1, 0.15) is 12.5 Å². The highest BCUT2D eigenvalue weighted by atomic mass is 35.5. The molecule has 0 radical (unpaired) electrons. The largest absolute Gasteiger partial charge is 0.481 e. The number of nitriles is 1. The molecule has 0 spiro atoms. The van der Waals surface area contributed by atoms with E-state index in [2.05, 4.69) is 0 Å². The lowest BCUT2D eigenvalue weighted by atomic mass is 10.00. The first kappa shape index (κ1) is 26.6. The molecule has 0 bridgehead atoms.